The van der Waals surface area contributed by atoms with Crippen molar-refractivity contribution in [2.75, 3.05) is 30.8 Å². The van der Waals surface area contributed by atoms with Crippen LogP contribution in [0.15, 0.2) is 52.5 Å². The Bertz CT molecular complexity index is 1420. The summed E-state index contributed by atoms with van der Waals surface area (Å²) in [5, 5.41) is 12.9. The van der Waals surface area contributed by atoms with E-state index in [0.29, 0.717) is 41.3 Å². The first-order valence-corrected chi connectivity index (χ1v) is 16.0. The second kappa shape index (κ2) is 12.4. The van der Waals surface area contributed by atoms with Gasteiger partial charge in [0.2, 0.25) is 15.9 Å². The van der Waals surface area contributed by atoms with Crippen LogP contribution in [0, 0.1) is 6.92 Å². The van der Waals surface area contributed by atoms with Crippen LogP contribution in [0.3, 0.4) is 0 Å². The molecule has 0 spiro atoms. The first-order chi connectivity index (χ1) is 18.8. The van der Waals surface area contributed by atoms with E-state index in [1.165, 1.54) is 16.1 Å². The molecule has 208 valence electrons. The lowest BCUT2D eigenvalue weighted by Crippen LogP contribution is -2.35. The van der Waals surface area contributed by atoms with Crippen LogP contribution in [0.4, 0.5) is 5.69 Å². The zero-order valence-corrected chi connectivity index (χ0v) is 24.2. The number of hydrogen-bond acceptors (Lipinski definition) is 7. The lowest BCUT2D eigenvalue weighted by molar-refractivity contribution is -0.113. The van der Waals surface area contributed by atoms with E-state index in [4.69, 9.17) is 16.3 Å². The smallest absolute Gasteiger partial charge is 0.243 e. The predicted octanol–water partition coefficient (Wildman–Crippen LogP) is 4.99. The quantitative estimate of drug-likeness (QED) is 0.350. The molecule has 0 aliphatic carbocycles. The van der Waals surface area contributed by atoms with Gasteiger partial charge in [0.05, 0.1) is 23.3 Å². The molecule has 2 aliphatic heterocycles. The molecule has 39 heavy (non-hydrogen) atoms. The number of carbonyl (C=O) groups is 1. The van der Waals surface area contributed by atoms with E-state index in [-0.39, 0.29) is 22.7 Å². The number of benzene rings is 2. The van der Waals surface area contributed by atoms with Gasteiger partial charge < -0.3 is 10.1 Å². The molecule has 2 fully saturated rings. The molecule has 0 unspecified atom stereocenters. The summed E-state index contributed by atoms with van der Waals surface area (Å²) in [5.74, 6) is 0.527. The van der Waals surface area contributed by atoms with Crippen LogP contribution in [0.1, 0.15) is 37.7 Å². The fourth-order valence-electron chi connectivity index (χ4n) is 4.83. The number of ether oxygens (including phenoxy) is 1. The lowest BCUT2D eigenvalue weighted by Gasteiger charge is -2.26. The monoisotopic (exact) mass is 589 g/mol. The number of aryl methyl sites for hydroxylation is 1. The maximum Gasteiger partial charge on any atom is 0.243 e. The number of aromatic nitrogens is 3. The molecule has 9 nitrogen and oxygen atoms in total. The molecule has 2 aromatic carbocycles. The number of anilines is 1. The molecule has 5 rings (SSSR count). The van der Waals surface area contributed by atoms with E-state index >= 15 is 0 Å². The van der Waals surface area contributed by atoms with Gasteiger partial charge in [0.25, 0.3) is 0 Å². The second-order valence-electron chi connectivity index (χ2n) is 9.84. The number of hydrogen-bond donors (Lipinski definition) is 1. The normalized spacial score (nSPS) is 18.4. The van der Waals surface area contributed by atoms with Crippen LogP contribution in [-0.2, 0) is 26.1 Å². The van der Waals surface area contributed by atoms with Gasteiger partial charge in [-0.25, -0.2) is 8.42 Å². The molecule has 1 amide bonds. The third kappa shape index (κ3) is 6.66. The predicted molar refractivity (Wildman–Crippen MR) is 153 cm³/mol. The summed E-state index contributed by atoms with van der Waals surface area (Å²) in [6, 6.07) is 12.3. The zero-order valence-electron chi connectivity index (χ0n) is 21.8. The number of nitrogens with zero attached hydrogens (tertiary/aromatic N) is 4. The minimum absolute atomic E-state index is 0.0625. The number of rotatable bonds is 9. The van der Waals surface area contributed by atoms with Crippen LogP contribution in [0.2, 0.25) is 5.02 Å². The fraction of sp³-hybridized carbons (Fsp3) is 0.444. The third-order valence-corrected chi connectivity index (χ3v) is 10.1. The molecule has 0 bridgehead atoms. The van der Waals surface area contributed by atoms with Crippen LogP contribution < -0.4 is 5.32 Å². The largest absolute Gasteiger partial charge is 0.376 e. The van der Waals surface area contributed by atoms with E-state index in [1.807, 2.05) is 35.8 Å². The van der Waals surface area contributed by atoms with E-state index < -0.39 is 10.0 Å². The number of carbonyl (C=O) groups excluding carboxylic acids is 1. The molecule has 3 heterocycles. The van der Waals surface area contributed by atoms with Gasteiger partial charge in [-0.05, 0) is 74.6 Å². The molecule has 12 heteroatoms. The van der Waals surface area contributed by atoms with Crippen LogP contribution in [0.25, 0.3) is 11.4 Å². The van der Waals surface area contributed by atoms with Crippen LogP contribution >= 0.6 is 23.4 Å². The number of halogens is 1. The van der Waals surface area contributed by atoms with Crippen molar-refractivity contribution in [1.29, 1.82) is 0 Å². The van der Waals surface area contributed by atoms with Crippen molar-refractivity contribution in [2.24, 2.45) is 0 Å². The zero-order chi connectivity index (χ0) is 27.4. The maximum atomic E-state index is 13.1. The lowest BCUT2D eigenvalue weighted by atomic mass is 10.2. The Morgan fingerprint density at radius 3 is 2.59 bits per heavy atom. The summed E-state index contributed by atoms with van der Waals surface area (Å²) in [7, 11) is -3.60. The van der Waals surface area contributed by atoms with E-state index in [2.05, 4.69) is 15.5 Å². The molecule has 1 atom stereocenters. The number of amides is 1. The first-order valence-electron chi connectivity index (χ1n) is 13.2. The summed E-state index contributed by atoms with van der Waals surface area (Å²) < 4.78 is 35.7. The van der Waals surface area contributed by atoms with Gasteiger partial charge in [0.1, 0.15) is 0 Å². The number of sulfonamides is 1. The molecule has 3 aromatic rings. The SMILES string of the molecule is Cc1ccc(S(=O)(=O)N2CCCCC2)cc1NC(=O)CSc1nnc(-c2ccc(Cl)cc2)n1C[C@@H]1CCCO1. The Morgan fingerprint density at radius 1 is 1.10 bits per heavy atom. The number of thioether (sulfide) groups is 1. The minimum atomic E-state index is -3.60. The topological polar surface area (TPSA) is 106 Å². The first kappa shape index (κ1) is 28.1. The summed E-state index contributed by atoms with van der Waals surface area (Å²) in [4.78, 5) is 13.2. The van der Waals surface area contributed by atoms with Gasteiger partial charge in [0, 0.05) is 36.0 Å². The van der Waals surface area contributed by atoms with Crippen molar-refractivity contribution in [1.82, 2.24) is 19.1 Å². The summed E-state index contributed by atoms with van der Waals surface area (Å²) >= 11 is 7.35. The Labute approximate surface area is 238 Å². The molecular weight excluding hydrogens is 558 g/mol. The van der Waals surface area contributed by atoms with Gasteiger partial charge in [0.15, 0.2) is 11.0 Å². The Morgan fingerprint density at radius 2 is 1.87 bits per heavy atom. The van der Waals surface area contributed by atoms with Gasteiger partial charge >= 0.3 is 0 Å². The molecule has 1 aromatic heterocycles. The standard InChI is InChI=1S/C27H32ClN5O4S2/c1-19-7-12-23(39(35,36)32-13-3-2-4-14-32)16-24(19)29-25(34)18-38-27-31-30-26(20-8-10-21(28)11-9-20)33(27)17-22-6-5-15-37-22/h7-12,16,22H,2-6,13-15,17-18H2,1H3,(H,29,34)/t22-/m0/s1. The van der Waals surface area contributed by atoms with Crippen molar-refractivity contribution in [2.45, 2.75) is 61.7 Å². The molecule has 2 aliphatic rings. The van der Waals surface area contributed by atoms with Crippen molar-refractivity contribution in [3.63, 3.8) is 0 Å². The number of piperidine rings is 1. The summed E-state index contributed by atoms with van der Waals surface area (Å²) in [6.45, 7) is 4.22. The van der Waals surface area contributed by atoms with Crippen molar-refractivity contribution >= 4 is 45.0 Å². The Kier molecular flexibility index (Phi) is 8.92. The van der Waals surface area contributed by atoms with Crippen molar-refractivity contribution in [3.05, 3.63) is 53.1 Å². The highest BCUT2D eigenvalue weighted by molar-refractivity contribution is 7.99. The highest BCUT2D eigenvalue weighted by Crippen LogP contribution is 2.29. The van der Waals surface area contributed by atoms with Crippen molar-refractivity contribution < 1.29 is 17.9 Å². The molecule has 0 radical (unpaired) electrons. The van der Waals surface area contributed by atoms with E-state index in [0.717, 1.165) is 49.8 Å². The Balaban J connectivity index is 1.30. The van der Waals surface area contributed by atoms with Gasteiger partial charge in [-0.3, -0.25) is 9.36 Å². The highest BCUT2D eigenvalue weighted by atomic mass is 35.5. The molecule has 2 saturated heterocycles. The average molecular weight is 590 g/mol. The van der Waals surface area contributed by atoms with Gasteiger partial charge in [-0.1, -0.05) is 35.9 Å². The van der Waals surface area contributed by atoms with Crippen LogP contribution in [-0.4, -0.2) is 64.9 Å². The van der Waals surface area contributed by atoms with E-state index in [1.54, 1.807) is 18.2 Å². The average Bonchev–Trinajstić information content (AvgIpc) is 3.60. The van der Waals surface area contributed by atoms with Crippen LogP contribution in [0.5, 0.6) is 0 Å². The molecule has 0 saturated carbocycles. The fourth-order valence-corrected chi connectivity index (χ4v) is 7.25. The van der Waals surface area contributed by atoms with Gasteiger partial charge in [-0.15, -0.1) is 10.2 Å². The highest BCUT2D eigenvalue weighted by Gasteiger charge is 2.27. The maximum absolute atomic E-state index is 13.1. The van der Waals surface area contributed by atoms with Crippen molar-refractivity contribution in [3.8, 4) is 11.4 Å². The molecular formula is C27H32ClN5O4S2. The van der Waals surface area contributed by atoms with E-state index in [9.17, 15) is 13.2 Å². The second-order valence-corrected chi connectivity index (χ2v) is 13.2. The number of nitrogens with one attached hydrogen (secondary N) is 1. The molecule has 1 N–H and O–H groups in total. The summed E-state index contributed by atoms with van der Waals surface area (Å²) in [6.07, 6.45) is 4.80. The summed E-state index contributed by atoms with van der Waals surface area (Å²) in [5.41, 5.74) is 2.16. The van der Waals surface area contributed by atoms with Gasteiger partial charge in [-0.2, -0.15) is 4.31 Å². The minimum Gasteiger partial charge on any atom is -0.376 e. The Hall–Kier alpha value is -2.44. The third-order valence-electron chi connectivity index (χ3n) is 7.00.